The number of carbonyl (C=O) groups excluding carboxylic acids is 2. The maximum atomic E-state index is 14.1. The SMILES string of the molecule is CC[C@@H](C)NC(=O)[C@@H](CC)N(Cc1ccc(F)cc1)C(=O)CN(c1ccc(C)c(C)c1)S(=O)(=O)c1ccccc1. The molecule has 0 saturated heterocycles. The van der Waals surface area contributed by atoms with Crippen LogP contribution in [-0.2, 0) is 26.2 Å². The lowest BCUT2D eigenvalue weighted by atomic mass is 10.1. The fourth-order valence-corrected chi connectivity index (χ4v) is 5.70. The Morgan fingerprint density at radius 3 is 2.12 bits per heavy atom. The molecule has 2 amide bonds. The number of amides is 2. The predicted octanol–water partition coefficient (Wildman–Crippen LogP) is 5.36. The van der Waals surface area contributed by atoms with Crippen molar-refractivity contribution in [1.29, 1.82) is 0 Å². The van der Waals surface area contributed by atoms with Crippen LogP contribution in [0.25, 0.3) is 0 Å². The molecular formula is C31H38FN3O4S. The fourth-order valence-electron chi connectivity index (χ4n) is 4.28. The van der Waals surface area contributed by atoms with Crippen molar-refractivity contribution in [2.45, 2.75) is 71.0 Å². The molecular weight excluding hydrogens is 529 g/mol. The van der Waals surface area contributed by atoms with Crippen LogP contribution in [0.5, 0.6) is 0 Å². The van der Waals surface area contributed by atoms with Crippen molar-refractivity contribution in [2.75, 3.05) is 10.8 Å². The van der Waals surface area contributed by atoms with Crippen molar-refractivity contribution >= 4 is 27.5 Å². The summed E-state index contributed by atoms with van der Waals surface area (Å²) in [5.74, 6) is -1.29. The van der Waals surface area contributed by atoms with Gasteiger partial charge < -0.3 is 10.2 Å². The molecule has 3 aromatic rings. The molecule has 9 heteroatoms. The van der Waals surface area contributed by atoms with E-state index in [4.69, 9.17) is 0 Å². The Labute approximate surface area is 237 Å². The van der Waals surface area contributed by atoms with Gasteiger partial charge in [-0.1, -0.05) is 50.2 Å². The molecule has 1 N–H and O–H groups in total. The van der Waals surface area contributed by atoms with Crippen molar-refractivity contribution in [1.82, 2.24) is 10.2 Å². The molecule has 7 nitrogen and oxygen atoms in total. The van der Waals surface area contributed by atoms with Crippen molar-refractivity contribution in [3.8, 4) is 0 Å². The van der Waals surface area contributed by atoms with E-state index in [1.807, 2.05) is 33.8 Å². The summed E-state index contributed by atoms with van der Waals surface area (Å²) in [6, 6.07) is 17.9. The number of anilines is 1. The van der Waals surface area contributed by atoms with Gasteiger partial charge >= 0.3 is 0 Å². The van der Waals surface area contributed by atoms with Gasteiger partial charge in [-0.3, -0.25) is 13.9 Å². The molecule has 0 radical (unpaired) electrons. The fraction of sp³-hybridized carbons (Fsp3) is 0.355. The van der Waals surface area contributed by atoms with Crippen LogP contribution >= 0.6 is 0 Å². The number of nitrogens with zero attached hydrogens (tertiary/aromatic N) is 2. The molecule has 0 bridgehead atoms. The van der Waals surface area contributed by atoms with Crippen LogP contribution in [0.4, 0.5) is 10.1 Å². The molecule has 0 saturated carbocycles. The molecule has 0 spiro atoms. The summed E-state index contributed by atoms with van der Waals surface area (Å²) in [7, 11) is -4.13. The molecule has 3 aromatic carbocycles. The standard InChI is InChI=1S/C31H38FN3O4S/c1-6-24(5)33-31(37)29(7-2)34(20-25-14-16-26(32)17-15-25)30(36)21-35(27-18-13-22(3)23(4)19-27)40(38,39)28-11-9-8-10-12-28/h8-19,24,29H,6-7,20-21H2,1-5H3,(H,33,37)/t24-,29-/m1/s1. The lowest BCUT2D eigenvalue weighted by molar-refractivity contribution is -0.140. The second kappa shape index (κ2) is 13.6. The minimum Gasteiger partial charge on any atom is -0.352 e. The first-order valence-electron chi connectivity index (χ1n) is 13.5. The monoisotopic (exact) mass is 567 g/mol. The number of nitrogens with one attached hydrogen (secondary N) is 1. The minimum atomic E-state index is -4.13. The molecule has 0 aromatic heterocycles. The number of benzene rings is 3. The Hall–Kier alpha value is -3.72. The van der Waals surface area contributed by atoms with E-state index in [-0.39, 0.29) is 23.4 Å². The summed E-state index contributed by atoms with van der Waals surface area (Å²) in [6.45, 7) is 8.92. The highest BCUT2D eigenvalue weighted by Gasteiger charge is 2.34. The van der Waals surface area contributed by atoms with Crippen LogP contribution in [0, 0.1) is 19.7 Å². The molecule has 0 fully saturated rings. The van der Waals surface area contributed by atoms with E-state index in [9.17, 15) is 22.4 Å². The Kier molecular flexibility index (Phi) is 10.5. The first kappa shape index (κ1) is 30.8. The number of aryl methyl sites for hydroxylation is 2. The third-order valence-corrected chi connectivity index (χ3v) is 8.83. The van der Waals surface area contributed by atoms with Gasteiger partial charge in [0, 0.05) is 12.6 Å². The van der Waals surface area contributed by atoms with Crippen LogP contribution in [0.2, 0.25) is 0 Å². The summed E-state index contributed by atoms with van der Waals surface area (Å²) in [4.78, 5) is 28.8. The Balaban J connectivity index is 2.06. The summed E-state index contributed by atoms with van der Waals surface area (Å²) in [5, 5.41) is 2.94. The first-order valence-corrected chi connectivity index (χ1v) is 14.9. The summed E-state index contributed by atoms with van der Waals surface area (Å²) in [6.07, 6.45) is 1.02. The van der Waals surface area contributed by atoms with Gasteiger partial charge in [0.1, 0.15) is 18.4 Å². The second-order valence-corrected chi connectivity index (χ2v) is 11.8. The normalized spacial score (nSPS) is 12.8. The zero-order valence-corrected chi connectivity index (χ0v) is 24.5. The largest absolute Gasteiger partial charge is 0.352 e. The summed E-state index contributed by atoms with van der Waals surface area (Å²) in [5.41, 5.74) is 2.82. The average molecular weight is 568 g/mol. The highest BCUT2D eigenvalue weighted by atomic mass is 32.2. The van der Waals surface area contributed by atoms with Crippen LogP contribution in [-0.4, -0.2) is 43.8 Å². The number of rotatable bonds is 12. The predicted molar refractivity (Wildman–Crippen MR) is 156 cm³/mol. The maximum Gasteiger partial charge on any atom is 0.264 e. The number of carbonyl (C=O) groups is 2. The molecule has 40 heavy (non-hydrogen) atoms. The molecule has 0 aliphatic heterocycles. The van der Waals surface area contributed by atoms with E-state index in [2.05, 4.69) is 5.32 Å². The maximum absolute atomic E-state index is 14.1. The number of hydrogen-bond acceptors (Lipinski definition) is 4. The van der Waals surface area contributed by atoms with Gasteiger partial charge in [0.15, 0.2) is 0 Å². The summed E-state index contributed by atoms with van der Waals surface area (Å²) < 4.78 is 42.5. The van der Waals surface area contributed by atoms with Gasteiger partial charge in [-0.05, 0) is 86.7 Å². The highest BCUT2D eigenvalue weighted by molar-refractivity contribution is 7.92. The van der Waals surface area contributed by atoms with Crippen LogP contribution in [0.3, 0.4) is 0 Å². The van der Waals surface area contributed by atoms with E-state index >= 15 is 0 Å². The van der Waals surface area contributed by atoms with Crippen molar-refractivity contribution in [2.24, 2.45) is 0 Å². The lowest BCUT2D eigenvalue weighted by Gasteiger charge is -2.34. The van der Waals surface area contributed by atoms with Gasteiger partial charge in [0.05, 0.1) is 10.6 Å². The van der Waals surface area contributed by atoms with Crippen LogP contribution < -0.4 is 9.62 Å². The quantitative estimate of drug-likeness (QED) is 0.319. The number of halogens is 1. The summed E-state index contributed by atoms with van der Waals surface area (Å²) >= 11 is 0. The van der Waals surface area contributed by atoms with Gasteiger partial charge in [0.25, 0.3) is 10.0 Å². The third kappa shape index (κ3) is 7.47. The molecule has 214 valence electrons. The zero-order chi connectivity index (χ0) is 29.4. The number of hydrogen-bond donors (Lipinski definition) is 1. The average Bonchev–Trinajstić information content (AvgIpc) is 2.94. The van der Waals surface area contributed by atoms with E-state index < -0.39 is 34.3 Å². The van der Waals surface area contributed by atoms with Gasteiger partial charge in [-0.25, -0.2) is 12.8 Å². The smallest absolute Gasteiger partial charge is 0.264 e. The molecule has 0 aliphatic carbocycles. The topological polar surface area (TPSA) is 86.8 Å². The third-order valence-electron chi connectivity index (χ3n) is 7.04. The molecule has 0 aliphatic rings. The van der Waals surface area contributed by atoms with Crippen molar-refractivity contribution < 1.29 is 22.4 Å². The van der Waals surface area contributed by atoms with Crippen molar-refractivity contribution in [3.63, 3.8) is 0 Å². The molecule has 0 unspecified atom stereocenters. The Morgan fingerprint density at radius 2 is 1.55 bits per heavy atom. The van der Waals surface area contributed by atoms with E-state index in [0.717, 1.165) is 15.4 Å². The lowest BCUT2D eigenvalue weighted by Crippen LogP contribution is -2.53. The Morgan fingerprint density at radius 1 is 0.900 bits per heavy atom. The van der Waals surface area contributed by atoms with Crippen molar-refractivity contribution in [3.05, 3.63) is 95.3 Å². The number of sulfonamides is 1. The van der Waals surface area contributed by atoms with Gasteiger partial charge in [-0.2, -0.15) is 0 Å². The second-order valence-electron chi connectivity index (χ2n) is 9.98. The zero-order valence-electron chi connectivity index (χ0n) is 23.7. The first-order chi connectivity index (χ1) is 19.0. The van der Waals surface area contributed by atoms with E-state index in [0.29, 0.717) is 24.1 Å². The minimum absolute atomic E-state index is 0.0116. The Bertz CT molecular complexity index is 1410. The molecule has 3 rings (SSSR count). The van der Waals surface area contributed by atoms with Gasteiger partial charge in [0.2, 0.25) is 11.8 Å². The molecule has 2 atom stereocenters. The van der Waals surface area contributed by atoms with Crippen LogP contribution in [0.1, 0.15) is 50.3 Å². The van der Waals surface area contributed by atoms with Gasteiger partial charge in [-0.15, -0.1) is 0 Å². The van der Waals surface area contributed by atoms with E-state index in [1.54, 1.807) is 49.4 Å². The highest BCUT2D eigenvalue weighted by Crippen LogP contribution is 2.26. The van der Waals surface area contributed by atoms with Crippen LogP contribution in [0.15, 0.2) is 77.7 Å². The van der Waals surface area contributed by atoms with E-state index in [1.165, 1.54) is 29.2 Å². The molecule has 0 heterocycles.